The number of rotatable bonds is 5. The number of nitriles is 1. The van der Waals surface area contributed by atoms with Crippen molar-refractivity contribution in [1.29, 1.82) is 5.26 Å². The zero-order valence-corrected chi connectivity index (χ0v) is 14.5. The molecular weight excluding hydrogens is 316 g/mol. The molecule has 0 aromatic heterocycles. The largest absolute Gasteiger partial charge is 0.381 e. The second-order valence-corrected chi connectivity index (χ2v) is 6.94. The number of nitrogens with zero attached hydrogens (tertiary/aromatic N) is 2. The first-order valence-electron chi connectivity index (χ1n) is 9.06. The Morgan fingerprint density at radius 2 is 2.16 bits per heavy atom. The van der Waals surface area contributed by atoms with Gasteiger partial charge in [-0.3, -0.25) is 0 Å². The van der Waals surface area contributed by atoms with E-state index in [1.807, 2.05) is 12.1 Å². The number of piperidine rings is 1. The van der Waals surface area contributed by atoms with E-state index in [1.165, 1.54) is 6.42 Å². The number of amides is 2. The predicted octanol–water partition coefficient (Wildman–Crippen LogP) is 1.86. The van der Waals surface area contributed by atoms with E-state index in [2.05, 4.69) is 21.6 Å². The van der Waals surface area contributed by atoms with Gasteiger partial charge in [-0.15, -0.1) is 0 Å². The van der Waals surface area contributed by atoms with Crippen molar-refractivity contribution in [3.05, 3.63) is 35.4 Å². The molecule has 0 saturated carbocycles. The summed E-state index contributed by atoms with van der Waals surface area (Å²) in [7, 11) is 0. The molecule has 25 heavy (non-hydrogen) atoms. The van der Waals surface area contributed by atoms with Gasteiger partial charge in [-0.05, 0) is 42.9 Å². The molecule has 6 nitrogen and oxygen atoms in total. The number of likely N-dealkylation sites (tertiary alicyclic amines) is 1. The Kier molecular flexibility index (Phi) is 6.26. The molecule has 2 N–H and O–H groups in total. The van der Waals surface area contributed by atoms with Crippen LogP contribution in [-0.4, -0.2) is 49.8 Å². The summed E-state index contributed by atoms with van der Waals surface area (Å²) in [5, 5.41) is 14.8. The van der Waals surface area contributed by atoms with Crippen molar-refractivity contribution >= 4 is 6.03 Å². The molecule has 2 amide bonds. The fourth-order valence-corrected chi connectivity index (χ4v) is 3.52. The van der Waals surface area contributed by atoms with Crippen molar-refractivity contribution in [2.75, 3.05) is 32.8 Å². The summed E-state index contributed by atoms with van der Waals surface area (Å²) in [5.74, 6) is 0.678. The first kappa shape index (κ1) is 17.7. The normalized spacial score (nSPS) is 21.6. The van der Waals surface area contributed by atoms with Crippen molar-refractivity contribution < 1.29 is 9.53 Å². The Balaban J connectivity index is 1.35. The lowest BCUT2D eigenvalue weighted by molar-refractivity contribution is 0.148. The van der Waals surface area contributed by atoms with Crippen molar-refractivity contribution in [2.24, 2.45) is 5.92 Å². The Bertz CT molecular complexity index is 614. The molecule has 2 heterocycles. The minimum Gasteiger partial charge on any atom is -0.381 e. The average Bonchev–Trinajstić information content (AvgIpc) is 3.15. The van der Waals surface area contributed by atoms with Gasteiger partial charge < -0.3 is 20.3 Å². The van der Waals surface area contributed by atoms with Crippen LogP contribution in [0.5, 0.6) is 0 Å². The maximum atomic E-state index is 12.1. The van der Waals surface area contributed by atoms with Gasteiger partial charge in [0.2, 0.25) is 0 Å². The molecule has 1 aromatic carbocycles. The first-order valence-corrected chi connectivity index (χ1v) is 9.06. The Labute approximate surface area is 149 Å². The molecule has 2 saturated heterocycles. The summed E-state index contributed by atoms with van der Waals surface area (Å²) in [6.45, 7) is 5.42. The van der Waals surface area contributed by atoms with Gasteiger partial charge in [0.15, 0.2) is 0 Å². The van der Waals surface area contributed by atoms with Gasteiger partial charge in [0.25, 0.3) is 0 Å². The van der Waals surface area contributed by atoms with Gasteiger partial charge in [-0.25, -0.2) is 4.79 Å². The van der Waals surface area contributed by atoms with Gasteiger partial charge >= 0.3 is 6.03 Å². The second-order valence-electron chi connectivity index (χ2n) is 6.94. The molecule has 3 rings (SSSR count). The van der Waals surface area contributed by atoms with Crippen LogP contribution >= 0.6 is 0 Å². The van der Waals surface area contributed by atoms with Crippen LogP contribution in [0.25, 0.3) is 0 Å². The predicted molar refractivity (Wildman–Crippen MR) is 94.9 cm³/mol. The summed E-state index contributed by atoms with van der Waals surface area (Å²) in [6.07, 6.45) is 3.16. The highest BCUT2D eigenvalue weighted by Crippen LogP contribution is 2.17. The number of carbonyl (C=O) groups is 1. The number of urea groups is 1. The third-order valence-corrected chi connectivity index (χ3v) is 4.97. The monoisotopic (exact) mass is 342 g/mol. The van der Waals surface area contributed by atoms with Crippen LogP contribution in [0, 0.1) is 17.2 Å². The molecule has 0 bridgehead atoms. The van der Waals surface area contributed by atoms with Crippen LogP contribution < -0.4 is 10.6 Å². The molecule has 2 aliphatic rings. The highest BCUT2D eigenvalue weighted by atomic mass is 16.5. The number of carbonyl (C=O) groups excluding carboxylic acids is 1. The van der Waals surface area contributed by atoms with E-state index in [4.69, 9.17) is 10.00 Å². The summed E-state index contributed by atoms with van der Waals surface area (Å²) < 4.78 is 5.44. The minimum atomic E-state index is -0.134. The van der Waals surface area contributed by atoms with Crippen LogP contribution in [0.3, 0.4) is 0 Å². The third kappa shape index (κ3) is 5.45. The lowest BCUT2D eigenvalue weighted by atomic mass is 10.0. The lowest BCUT2D eigenvalue weighted by Gasteiger charge is -2.33. The van der Waals surface area contributed by atoms with E-state index in [1.54, 1.807) is 12.1 Å². The zero-order valence-electron chi connectivity index (χ0n) is 14.5. The molecular formula is C19H26N4O2. The van der Waals surface area contributed by atoms with Gasteiger partial charge in [-0.1, -0.05) is 12.1 Å². The fourth-order valence-electron chi connectivity index (χ4n) is 3.52. The smallest absolute Gasteiger partial charge is 0.315 e. The van der Waals surface area contributed by atoms with Crippen LogP contribution in [0.1, 0.15) is 30.4 Å². The van der Waals surface area contributed by atoms with Crippen molar-refractivity contribution in [1.82, 2.24) is 15.5 Å². The molecule has 2 fully saturated rings. The quantitative estimate of drug-likeness (QED) is 0.856. The Morgan fingerprint density at radius 3 is 2.88 bits per heavy atom. The van der Waals surface area contributed by atoms with Gasteiger partial charge in [0.1, 0.15) is 0 Å². The molecule has 0 spiro atoms. The molecule has 6 heteroatoms. The van der Waals surface area contributed by atoms with E-state index in [0.717, 1.165) is 51.3 Å². The second kappa shape index (κ2) is 8.84. The van der Waals surface area contributed by atoms with Gasteiger partial charge in [0, 0.05) is 38.8 Å². The van der Waals surface area contributed by atoms with E-state index >= 15 is 0 Å². The van der Waals surface area contributed by atoms with Crippen molar-refractivity contribution in [3.8, 4) is 6.07 Å². The SMILES string of the molecule is N#Cc1cccc(CNC(=O)NC2CCN(CC3CCOC3)CC2)c1. The van der Waals surface area contributed by atoms with Crippen molar-refractivity contribution in [2.45, 2.75) is 31.8 Å². The van der Waals surface area contributed by atoms with Crippen LogP contribution in [0.4, 0.5) is 4.79 Å². The molecule has 0 aliphatic carbocycles. The van der Waals surface area contributed by atoms with Crippen molar-refractivity contribution in [3.63, 3.8) is 0 Å². The van der Waals surface area contributed by atoms with Crippen LogP contribution in [-0.2, 0) is 11.3 Å². The summed E-state index contributed by atoms with van der Waals surface area (Å²) >= 11 is 0. The minimum absolute atomic E-state index is 0.134. The summed E-state index contributed by atoms with van der Waals surface area (Å²) in [5.41, 5.74) is 1.54. The molecule has 2 aliphatic heterocycles. The van der Waals surface area contributed by atoms with Crippen LogP contribution in [0.15, 0.2) is 24.3 Å². The molecule has 0 radical (unpaired) electrons. The zero-order chi connectivity index (χ0) is 17.5. The van der Waals surface area contributed by atoms with Gasteiger partial charge in [-0.2, -0.15) is 5.26 Å². The number of hydrogen-bond donors (Lipinski definition) is 2. The number of ether oxygens (including phenoxy) is 1. The highest BCUT2D eigenvalue weighted by Gasteiger charge is 2.24. The first-order chi connectivity index (χ1) is 12.2. The maximum Gasteiger partial charge on any atom is 0.315 e. The standard InChI is InChI=1S/C19H26N4O2/c20-11-15-2-1-3-16(10-15)12-21-19(24)22-18-4-7-23(8-5-18)13-17-6-9-25-14-17/h1-3,10,17-18H,4-9,12-14H2,(H2,21,22,24). The Hall–Kier alpha value is -2.10. The highest BCUT2D eigenvalue weighted by molar-refractivity contribution is 5.74. The number of nitrogens with one attached hydrogen (secondary N) is 2. The molecule has 134 valence electrons. The van der Waals surface area contributed by atoms with E-state index < -0.39 is 0 Å². The lowest BCUT2D eigenvalue weighted by Crippen LogP contribution is -2.48. The molecule has 1 unspecified atom stereocenters. The number of benzene rings is 1. The summed E-state index contributed by atoms with van der Waals surface area (Å²) in [4.78, 5) is 14.6. The average molecular weight is 342 g/mol. The van der Waals surface area contributed by atoms with Crippen LogP contribution in [0.2, 0.25) is 0 Å². The summed E-state index contributed by atoms with van der Waals surface area (Å²) in [6, 6.07) is 9.51. The molecule has 1 atom stereocenters. The van der Waals surface area contributed by atoms with E-state index in [0.29, 0.717) is 18.0 Å². The van der Waals surface area contributed by atoms with E-state index in [9.17, 15) is 4.79 Å². The maximum absolute atomic E-state index is 12.1. The number of hydrogen-bond acceptors (Lipinski definition) is 4. The topological polar surface area (TPSA) is 77.4 Å². The third-order valence-electron chi connectivity index (χ3n) is 4.97. The Morgan fingerprint density at radius 1 is 1.32 bits per heavy atom. The van der Waals surface area contributed by atoms with Gasteiger partial charge in [0.05, 0.1) is 18.2 Å². The molecule has 1 aromatic rings. The van der Waals surface area contributed by atoms with E-state index in [-0.39, 0.29) is 12.1 Å². The fraction of sp³-hybridized carbons (Fsp3) is 0.579.